The summed E-state index contributed by atoms with van der Waals surface area (Å²) in [6.45, 7) is 5.52. The maximum absolute atomic E-state index is 11.8. The Labute approximate surface area is 176 Å². The first-order chi connectivity index (χ1) is 14.5. The van der Waals surface area contributed by atoms with E-state index in [1.165, 1.54) is 11.3 Å². The zero-order valence-electron chi connectivity index (χ0n) is 17.0. The van der Waals surface area contributed by atoms with Gasteiger partial charge in [-0.05, 0) is 42.8 Å². The van der Waals surface area contributed by atoms with Crippen molar-refractivity contribution >= 4 is 34.4 Å². The maximum Gasteiger partial charge on any atom is 0.337 e. The van der Waals surface area contributed by atoms with E-state index in [-0.39, 0.29) is 5.56 Å². The fraction of sp³-hybridized carbons (Fsp3) is 0.208. The van der Waals surface area contributed by atoms with Gasteiger partial charge in [0.2, 0.25) is 0 Å². The van der Waals surface area contributed by atoms with E-state index in [4.69, 9.17) is 5.73 Å². The highest BCUT2D eigenvalue weighted by Gasteiger charge is 2.23. The Bertz CT molecular complexity index is 1040. The molecule has 1 heterocycles. The third kappa shape index (κ3) is 3.89. The van der Waals surface area contributed by atoms with Gasteiger partial charge in [-0.25, -0.2) is 4.79 Å². The van der Waals surface area contributed by atoms with Gasteiger partial charge in [0.15, 0.2) is 0 Å². The number of nitrogen functional groups attached to an aromatic ring is 1. The molecule has 0 radical (unpaired) electrons. The Balaban J connectivity index is 1.58. The highest BCUT2D eigenvalue weighted by molar-refractivity contribution is 6.01. The fourth-order valence-corrected chi connectivity index (χ4v) is 3.97. The Morgan fingerprint density at radius 1 is 0.867 bits per heavy atom. The second kappa shape index (κ2) is 8.37. The molecule has 0 amide bonds. The highest BCUT2D eigenvalue weighted by atomic mass is 16.4. The number of nitrogens with zero attached hydrogens (tertiary/aromatic N) is 2. The van der Waals surface area contributed by atoms with E-state index in [0.717, 1.165) is 37.6 Å². The number of para-hydroxylation sites is 2. The van der Waals surface area contributed by atoms with E-state index in [0.29, 0.717) is 11.4 Å². The van der Waals surface area contributed by atoms with Crippen molar-refractivity contribution in [2.24, 2.45) is 0 Å². The molecule has 154 valence electrons. The van der Waals surface area contributed by atoms with Crippen molar-refractivity contribution < 1.29 is 9.90 Å². The number of nitrogens with two attached hydrogens (primary N) is 1. The smallest absolute Gasteiger partial charge is 0.337 e. The van der Waals surface area contributed by atoms with Crippen LogP contribution in [0.1, 0.15) is 15.9 Å². The standard InChI is InChI=1S/C24H26N4O2/c1-17-7-5-6-10-20(17)27-13-15-28(16-14-27)21-12-11-19(24(29)30)23(22(21)25)26-18-8-3-2-4-9-18/h2-12,26H,13-16,25H2,1H3,(H,29,30). The zero-order valence-corrected chi connectivity index (χ0v) is 17.0. The van der Waals surface area contributed by atoms with Gasteiger partial charge in [0.1, 0.15) is 0 Å². The number of aryl methyl sites for hydroxylation is 1. The van der Waals surface area contributed by atoms with Crippen LogP contribution in [0.2, 0.25) is 0 Å². The van der Waals surface area contributed by atoms with Crippen LogP contribution in [0.15, 0.2) is 66.7 Å². The molecule has 1 aliphatic rings. The minimum Gasteiger partial charge on any atom is -0.478 e. The number of rotatable bonds is 5. The molecular formula is C24H26N4O2. The lowest BCUT2D eigenvalue weighted by atomic mass is 10.1. The number of nitrogens with one attached hydrogen (secondary N) is 1. The zero-order chi connectivity index (χ0) is 21.1. The van der Waals surface area contributed by atoms with Gasteiger partial charge in [0.25, 0.3) is 0 Å². The minimum absolute atomic E-state index is 0.165. The highest BCUT2D eigenvalue weighted by Crippen LogP contribution is 2.36. The number of piperazine rings is 1. The third-order valence-corrected chi connectivity index (χ3v) is 5.57. The lowest BCUT2D eigenvalue weighted by Crippen LogP contribution is -2.47. The first-order valence-electron chi connectivity index (χ1n) is 10.1. The number of aromatic carboxylic acids is 1. The van der Waals surface area contributed by atoms with Gasteiger partial charge >= 0.3 is 5.97 Å². The molecule has 3 aromatic rings. The summed E-state index contributed by atoms with van der Waals surface area (Å²) in [4.78, 5) is 16.4. The van der Waals surface area contributed by atoms with Gasteiger partial charge in [-0.2, -0.15) is 0 Å². The van der Waals surface area contributed by atoms with E-state index < -0.39 is 5.97 Å². The van der Waals surface area contributed by atoms with Crippen LogP contribution in [-0.4, -0.2) is 37.3 Å². The molecular weight excluding hydrogens is 376 g/mol. The average molecular weight is 402 g/mol. The molecule has 0 aliphatic carbocycles. The molecule has 0 unspecified atom stereocenters. The molecule has 0 aromatic heterocycles. The number of carboxylic acids is 1. The molecule has 4 rings (SSSR count). The van der Waals surface area contributed by atoms with Gasteiger partial charge in [0, 0.05) is 37.6 Å². The first kappa shape index (κ1) is 19.6. The van der Waals surface area contributed by atoms with Crippen molar-refractivity contribution in [1.29, 1.82) is 0 Å². The second-order valence-corrected chi connectivity index (χ2v) is 7.48. The summed E-state index contributed by atoms with van der Waals surface area (Å²) in [7, 11) is 0. The molecule has 30 heavy (non-hydrogen) atoms. The van der Waals surface area contributed by atoms with E-state index >= 15 is 0 Å². The molecule has 3 aromatic carbocycles. The molecule has 6 heteroatoms. The van der Waals surface area contributed by atoms with Crippen LogP contribution in [0.5, 0.6) is 0 Å². The van der Waals surface area contributed by atoms with Crippen LogP contribution in [0.3, 0.4) is 0 Å². The van der Waals surface area contributed by atoms with Gasteiger partial charge in [-0.15, -0.1) is 0 Å². The van der Waals surface area contributed by atoms with Crippen molar-refractivity contribution in [3.63, 3.8) is 0 Å². The predicted octanol–water partition coefficient (Wildman–Crippen LogP) is 4.35. The van der Waals surface area contributed by atoms with E-state index in [1.807, 2.05) is 36.4 Å². The SMILES string of the molecule is Cc1ccccc1N1CCN(c2ccc(C(=O)O)c(Nc3ccccc3)c2N)CC1. The molecule has 6 nitrogen and oxygen atoms in total. The molecule has 0 atom stereocenters. The fourth-order valence-electron chi connectivity index (χ4n) is 3.97. The van der Waals surface area contributed by atoms with Crippen molar-refractivity contribution in [3.8, 4) is 0 Å². The first-order valence-corrected chi connectivity index (χ1v) is 10.1. The quantitative estimate of drug-likeness (QED) is 0.551. The van der Waals surface area contributed by atoms with E-state index in [9.17, 15) is 9.90 Å². The molecule has 0 saturated carbocycles. The lowest BCUT2D eigenvalue weighted by Gasteiger charge is -2.38. The second-order valence-electron chi connectivity index (χ2n) is 7.48. The minimum atomic E-state index is -1.00. The van der Waals surface area contributed by atoms with E-state index in [2.05, 4.69) is 46.3 Å². The molecule has 4 N–H and O–H groups in total. The molecule has 0 spiro atoms. The van der Waals surface area contributed by atoms with Crippen molar-refractivity contribution in [2.45, 2.75) is 6.92 Å². The van der Waals surface area contributed by atoms with Crippen LogP contribution < -0.4 is 20.9 Å². The van der Waals surface area contributed by atoms with Crippen LogP contribution in [-0.2, 0) is 0 Å². The summed E-state index contributed by atoms with van der Waals surface area (Å²) in [5.74, 6) is -1.00. The summed E-state index contributed by atoms with van der Waals surface area (Å²) in [5, 5.41) is 12.8. The van der Waals surface area contributed by atoms with Crippen molar-refractivity contribution in [1.82, 2.24) is 0 Å². The van der Waals surface area contributed by atoms with Crippen LogP contribution in [0, 0.1) is 6.92 Å². The number of hydrogen-bond donors (Lipinski definition) is 3. The van der Waals surface area contributed by atoms with Crippen LogP contribution in [0.4, 0.5) is 28.4 Å². The summed E-state index contributed by atoms with van der Waals surface area (Å²) in [5.41, 5.74) is 11.7. The normalized spacial score (nSPS) is 13.9. The summed E-state index contributed by atoms with van der Waals surface area (Å²) < 4.78 is 0. The number of hydrogen-bond acceptors (Lipinski definition) is 5. The van der Waals surface area contributed by atoms with Crippen molar-refractivity contribution in [3.05, 3.63) is 77.9 Å². The van der Waals surface area contributed by atoms with Gasteiger partial charge in [0.05, 0.1) is 22.6 Å². The predicted molar refractivity (Wildman–Crippen MR) is 123 cm³/mol. The summed E-state index contributed by atoms with van der Waals surface area (Å²) in [6, 6.07) is 21.3. The van der Waals surface area contributed by atoms with Gasteiger partial charge in [-0.3, -0.25) is 0 Å². The largest absolute Gasteiger partial charge is 0.478 e. The number of carboxylic acid groups (broad SMARTS) is 1. The number of benzene rings is 3. The molecule has 1 fully saturated rings. The molecule has 0 bridgehead atoms. The lowest BCUT2D eigenvalue weighted by molar-refractivity contribution is 0.0698. The Morgan fingerprint density at radius 2 is 1.47 bits per heavy atom. The third-order valence-electron chi connectivity index (χ3n) is 5.57. The molecule has 1 saturated heterocycles. The average Bonchev–Trinajstić information content (AvgIpc) is 2.76. The number of anilines is 5. The molecule has 1 aliphatic heterocycles. The summed E-state index contributed by atoms with van der Waals surface area (Å²) >= 11 is 0. The topological polar surface area (TPSA) is 81.8 Å². The summed E-state index contributed by atoms with van der Waals surface area (Å²) in [6.07, 6.45) is 0. The van der Waals surface area contributed by atoms with Crippen LogP contribution in [0.25, 0.3) is 0 Å². The monoisotopic (exact) mass is 402 g/mol. The Kier molecular flexibility index (Phi) is 5.48. The van der Waals surface area contributed by atoms with Gasteiger partial charge < -0.3 is 26.0 Å². The van der Waals surface area contributed by atoms with E-state index in [1.54, 1.807) is 6.07 Å². The Hall–Kier alpha value is -3.67. The van der Waals surface area contributed by atoms with Crippen molar-refractivity contribution in [2.75, 3.05) is 47.0 Å². The maximum atomic E-state index is 11.8. The number of carbonyl (C=O) groups is 1. The Morgan fingerprint density at radius 3 is 2.10 bits per heavy atom. The van der Waals surface area contributed by atoms with Gasteiger partial charge in [-0.1, -0.05) is 36.4 Å². The van der Waals surface area contributed by atoms with Crippen LogP contribution >= 0.6 is 0 Å².